The minimum absolute atomic E-state index is 0.00430. The van der Waals surface area contributed by atoms with Gasteiger partial charge in [0.25, 0.3) is 0 Å². The molecule has 2 N–H and O–H groups in total. The monoisotopic (exact) mass is 281 g/mol. The van der Waals surface area contributed by atoms with Crippen LogP contribution in [-0.2, 0) is 6.54 Å². The van der Waals surface area contributed by atoms with E-state index in [0.29, 0.717) is 18.0 Å². The number of ether oxygens (including phenoxy) is 1. The lowest BCUT2D eigenvalue weighted by atomic mass is 10.2. The van der Waals surface area contributed by atoms with Crippen molar-refractivity contribution < 1.29 is 9.53 Å². The lowest BCUT2D eigenvalue weighted by Gasteiger charge is -2.08. The summed E-state index contributed by atoms with van der Waals surface area (Å²) in [4.78, 5) is 11.7. The van der Waals surface area contributed by atoms with Crippen LogP contribution in [0.15, 0.2) is 54.6 Å². The standard InChI is InChI=1S/C16H15N3O2/c17-10-11-21-15-8-6-14(7-9-15)19-16(20)18-12-13-4-2-1-3-5-13/h1-9H,11-12H2,(H2,18,19,20). The van der Waals surface area contributed by atoms with Crippen LogP contribution in [0.25, 0.3) is 0 Å². The number of nitrogens with one attached hydrogen (secondary N) is 2. The Morgan fingerprint density at radius 3 is 2.48 bits per heavy atom. The van der Waals surface area contributed by atoms with Crippen molar-refractivity contribution in [2.24, 2.45) is 0 Å². The summed E-state index contributed by atoms with van der Waals surface area (Å²) in [5.41, 5.74) is 1.69. The third-order valence-corrected chi connectivity index (χ3v) is 2.71. The Balaban J connectivity index is 1.81. The Labute approximate surface area is 123 Å². The van der Waals surface area contributed by atoms with E-state index in [-0.39, 0.29) is 12.6 Å². The second kappa shape index (κ2) is 7.56. The molecule has 2 rings (SSSR count). The Bertz CT molecular complexity index is 618. The first-order valence-electron chi connectivity index (χ1n) is 6.46. The van der Waals surface area contributed by atoms with Crippen LogP contribution in [0.3, 0.4) is 0 Å². The molecule has 0 aromatic heterocycles. The zero-order valence-electron chi connectivity index (χ0n) is 11.4. The largest absolute Gasteiger partial charge is 0.479 e. The van der Waals surface area contributed by atoms with Crippen molar-refractivity contribution in [3.8, 4) is 11.8 Å². The summed E-state index contributed by atoms with van der Waals surface area (Å²) in [5.74, 6) is 0.590. The molecule has 2 amide bonds. The van der Waals surface area contributed by atoms with Crippen molar-refractivity contribution in [1.82, 2.24) is 5.32 Å². The first-order valence-corrected chi connectivity index (χ1v) is 6.46. The first kappa shape index (κ1) is 14.4. The lowest BCUT2D eigenvalue weighted by molar-refractivity contribution is 0.251. The van der Waals surface area contributed by atoms with E-state index < -0.39 is 0 Å². The smallest absolute Gasteiger partial charge is 0.319 e. The molecule has 5 heteroatoms. The molecule has 0 aliphatic carbocycles. The van der Waals surface area contributed by atoms with Crippen LogP contribution in [0.2, 0.25) is 0 Å². The molecule has 0 aliphatic rings. The molecule has 0 fully saturated rings. The normalized spacial score (nSPS) is 9.48. The second-order valence-corrected chi connectivity index (χ2v) is 4.26. The van der Waals surface area contributed by atoms with Crippen LogP contribution in [0.1, 0.15) is 5.56 Å². The molecule has 21 heavy (non-hydrogen) atoms. The van der Waals surface area contributed by atoms with Crippen LogP contribution in [0, 0.1) is 11.3 Å². The van der Waals surface area contributed by atoms with Gasteiger partial charge in [0.2, 0.25) is 0 Å². The van der Waals surface area contributed by atoms with Gasteiger partial charge >= 0.3 is 6.03 Å². The van der Waals surface area contributed by atoms with Crippen LogP contribution in [0.5, 0.6) is 5.75 Å². The van der Waals surface area contributed by atoms with Gasteiger partial charge in [0.05, 0.1) is 0 Å². The molecule has 106 valence electrons. The number of benzene rings is 2. The summed E-state index contributed by atoms with van der Waals surface area (Å²) >= 11 is 0. The van der Waals surface area contributed by atoms with Gasteiger partial charge in [-0.3, -0.25) is 0 Å². The van der Waals surface area contributed by atoms with Gasteiger partial charge < -0.3 is 15.4 Å². The zero-order chi connectivity index (χ0) is 14.9. The predicted molar refractivity (Wildman–Crippen MR) is 79.9 cm³/mol. The molecule has 0 saturated heterocycles. The molecular formula is C16H15N3O2. The van der Waals surface area contributed by atoms with Crippen LogP contribution in [0.4, 0.5) is 10.5 Å². The molecule has 0 atom stereocenters. The van der Waals surface area contributed by atoms with Crippen molar-refractivity contribution in [3.63, 3.8) is 0 Å². The van der Waals surface area contributed by atoms with Gasteiger partial charge in [-0.2, -0.15) is 5.26 Å². The number of rotatable bonds is 5. The highest BCUT2D eigenvalue weighted by atomic mass is 16.5. The highest BCUT2D eigenvalue weighted by Crippen LogP contribution is 2.15. The number of nitrogens with zero attached hydrogens (tertiary/aromatic N) is 1. The Kier molecular flexibility index (Phi) is 5.18. The van der Waals surface area contributed by atoms with Crippen LogP contribution >= 0.6 is 0 Å². The summed E-state index contributed by atoms with van der Waals surface area (Å²) in [6.45, 7) is 0.473. The van der Waals surface area contributed by atoms with Crippen molar-refractivity contribution in [3.05, 3.63) is 60.2 Å². The summed E-state index contributed by atoms with van der Waals surface area (Å²) in [5, 5.41) is 13.9. The topological polar surface area (TPSA) is 74.1 Å². The number of nitriles is 1. The molecule has 0 radical (unpaired) electrons. The van der Waals surface area contributed by atoms with Crippen molar-refractivity contribution in [2.45, 2.75) is 6.54 Å². The maximum atomic E-state index is 11.7. The van der Waals surface area contributed by atoms with Gasteiger partial charge in [0.1, 0.15) is 11.8 Å². The summed E-state index contributed by atoms with van der Waals surface area (Å²) in [6, 6.07) is 18.1. The molecule has 2 aromatic rings. The van der Waals surface area contributed by atoms with E-state index in [1.165, 1.54) is 0 Å². The van der Waals surface area contributed by atoms with Gasteiger partial charge in [-0.15, -0.1) is 0 Å². The SMILES string of the molecule is N#CCOc1ccc(NC(=O)NCc2ccccc2)cc1. The van der Waals surface area contributed by atoms with E-state index >= 15 is 0 Å². The molecule has 0 bridgehead atoms. The fraction of sp³-hybridized carbons (Fsp3) is 0.125. The second-order valence-electron chi connectivity index (χ2n) is 4.26. The minimum atomic E-state index is -0.274. The molecule has 0 saturated carbocycles. The lowest BCUT2D eigenvalue weighted by Crippen LogP contribution is -2.28. The van der Waals surface area contributed by atoms with Gasteiger partial charge in [-0.1, -0.05) is 30.3 Å². The average Bonchev–Trinajstić information content (AvgIpc) is 2.53. The van der Waals surface area contributed by atoms with Crippen molar-refractivity contribution in [2.75, 3.05) is 11.9 Å². The van der Waals surface area contributed by atoms with E-state index in [2.05, 4.69) is 10.6 Å². The van der Waals surface area contributed by atoms with Gasteiger partial charge in [-0.05, 0) is 29.8 Å². The molecule has 0 spiro atoms. The van der Waals surface area contributed by atoms with Gasteiger partial charge in [-0.25, -0.2) is 4.79 Å². The molecule has 0 aliphatic heterocycles. The number of carbonyl (C=O) groups is 1. The molecule has 0 unspecified atom stereocenters. The summed E-state index contributed by atoms with van der Waals surface area (Å²) in [6.07, 6.45) is 0. The number of urea groups is 1. The Hall–Kier alpha value is -3.00. The molecule has 2 aromatic carbocycles. The number of anilines is 1. The third kappa shape index (κ3) is 4.88. The Morgan fingerprint density at radius 1 is 1.10 bits per heavy atom. The van der Waals surface area contributed by atoms with Gasteiger partial charge in [0, 0.05) is 12.2 Å². The average molecular weight is 281 g/mol. The molecule has 0 heterocycles. The third-order valence-electron chi connectivity index (χ3n) is 2.71. The minimum Gasteiger partial charge on any atom is -0.479 e. The maximum Gasteiger partial charge on any atom is 0.319 e. The number of hydrogen-bond acceptors (Lipinski definition) is 3. The van der Waals surface area contributed by atoms with Crippen molar-refractivity contribution in [1.29, 1.82) is 5.26 Å². The van der Waals surface area contributed by atoms with E-state index in [1.807, 2.05) is 36.4 Å². The van der Waals surface area contributed by atoms with Gasteiger partial charge in [0.15, 0.2) is 6.61 Å². The maximum absolute atomic E-state index is 11.7. The summed E-state index contributed by atoms with van der Waals surface area (Å²) in [7, 11) is 0. The van der Waals surface area contributed by atoms with Crippen LogP contribution in [-0.4, -0.2) is 12.6 Å². The van der Waals surface area contributed by atoms with E-state index in [4.69, 9.17) is 10.00 Å². The highest BCUT2D eigenvalue weighted by Gasteiger charge is 2.02. The van der Waals surface area contributed by atoms with Crippen molar-refractivity contribution >= 4 is 11.7 Å². The van der Waals surface area contributed by atoms with E-state index in [0.717, 1.165) is 5.56 Å². The predicted octanol–water partition coefficient (Wildman–Crippen LogP) is 2.91. The summed E-state index contributed by atoms with van der Waals surface area (Å²) < 4.78 is 5.13. The fourth-order valence-electron chi connectivity index (χ4n) is 1.70. The highest BCUT2D eigenvalue weighted by molar-refractivity contribution is 5.89. The number of hydrogen-bond donors (Lipinski definition) is 2. The molecular weight excluding hydrogens is 266 g/mol. The van der Waals surface area contributed by atoms with E-state index in [9.17, 15) is 4.79 Å². The number of amides is 2. The van der Waals surface area contributed by atoms with Crippen LogP contribution < -0.4 is 15.4 Å². The van der Waals surface area contributed by atoms with E-state index in [1.54, 1.807) is 24.3 Å². The molecule has 5 nitrogen and oxygen atoms in total. The Morgan fingerprint density at radius 2 is 1.81 bits per heavy atom. The first-order chi connectivity index (χ1) is 10.3. The quantitative estimate of drug-likeness (QED) is 0.885. The number of carbonyl (C=O) groups excluding carboxylic acids is 1. The zero-order valence-corrected chi connectivity index (χ0v) is 11.4. The fourth-order valence-corrected chi connectivity index (χ4v) is 1.70.